The minimum Gasteiger partial charge on any atom is -0.377 e. The van der Waals surface area contributed by atoms with Crippen molar-refractivity contribution in [2.24, 2.45) is 4.66 Å². The third-order valence-electron chi connectivity index (χ3n) is 8.30. The van der Waals surface area contributed by atoms with Crippen molar-refractivity contribution >= 4 is 14.1 Å². The lowest BCUT2D eigenvalue weighted by molar-refractivity contribution is -0.546. The number of para-hydroxylation sites is 2. The molecular weight excluding hydrogens is 531 g/mol. The molecule has 0 saturated heterocycles. The fourth-order valence-corrected chi connectivity index (χ4v) is 7.50. The Morgan fingerprint density at radius 3 is 1.29 bits per heavy atom. The lowest BCUT2D eigenvalue weighted by Crippen LogP contribution is -2.60. The summed E-state index contributed by atoms with van der Waals surface area (Å²) < 4.78 is 12.9. The number of nitrogens with zero attached hydrogens (tertiary/aromatic N) is 5. The fraction of sp³-hybridized carbons (Fsp3) is 0.444. The monoisotopic (exact) mass is 582 g/mol. The van der Waals surface area contributed by atoms with E-state index in [0.29, 0.717) is 23.7 Å². The Morgan fingerprint density at radius 1 is 0.619 bits per heavy atom. The maximum Gasteiger partial charge on any atom is 0.492 e. The summed E-state index contributed by atoms with van der Waals surface area (Å²) in [5, 5.41) is 0. The first kappa shape index (κ1) is 31.6. The molecule has 0 saturated carbocycles. The van der Waals surface area contributed by atoms with E-state index in [0.717, 1.165) is 5.62 Å². The zero-order chi connectivity index (χ0) is 30.9. The number of pyridine rings is 1. The molecule has 0 aliphatic heterocycles. The van der Waals surface area contributed by atoms with Crippen LogP contribution in [0.25, 0.3) is 11.4 Å². The molecule has 0 unspecified atom stereocenters. The summed E-state index contributed by atoms with van der Waals surface area (Å²) in [5.74, 6) is 1.54. The van der Waals surface area contributed by atoms with E-state index in [4.69, 9.17) is 4.66 Å². The lowest BCUT2D eigenvalue weighted by Gasteiger charge is -2.23. The van der Waals surface area contributed by atoms with Gasteiger partial charge in [-0.2, -0.15) is 0 Å². The van der Waals surface area contributed by atoms with Gasteiger partial charge in [-0.25, -0.2) is 4.66 Å². The molecule has 2 aromatic carbocycles. The van der Waals surface area contributed by atoms with E-state index in [1.54, 1.807) is 0 Å². The van der Waals surface area contributed by atoms with Crippen LogP contribution in [0.1, 0.15) is 101 Å². The maximum atomic E-state index is 5.76. The van der Waals surface area contributed by atoms with Crippen LogP contribution in [-0.2, 0) is 0 Å². The minimum atomic E-state index is -2.37. The van der Waals surface area contributed by atoms with Crippen molar-refractivity contribution in [3.8, 4) is 11.4 Å². The van der Waals surface area contributed by atoms with Gasteiger partial charge < -0.3 is 4.90 Å². The summed E-state index contributed by atoms with van der Waals surface area (Å²) >= 11 is 0. The average molecular weight is 583 g/mol. The quantitative estimate of drug-likeness (QED) is 0.183. The molecule has 4 rings (SSSR count). The van der Waals surface area contributed by atoms with Crippen LogP contribution in [0, 0.1) is 0 Å². The number of imidazole rings is 1. The Kier molecular flexibility index (Phi) is 9.36. The van der Waals surface area contributed by atoms with Crippen LogP contribution in [0.5, 0.6) is 0 Å². The largest absolute Gasteiger partial charge is 0.492 e. The first-order valence-electron chi connectivity index (χ1n) is 15.6. The first-order valence-corrected chi connectivity index (χ1v) is 18.4. The molecular formula is C36H52N5Si+. The Morgan fingerprint density at radius 2 is 0.976 bits per heavy atom. The SMILES string of the molecule is CC(C)c1cccc(C(C)C)c1-n1ccn(-c2c(C(C)C)cccc2C(C)C)c1=N[Si](C)(C)[n+]1ccc(N(C)C)cc1. The highest BCUT2D eigenvalue weighted by molar-refractivity contribution is 6.66. The van der Waals surface area contributed by atoms with Crippen molar-refractivity contribution in [2.75, 3.05) is 19.0 Å². The van der Waals surface area contributed by atoms with E-state index in [1.165, 1.54) is 39.3 Å². The van der Waals surface area contributed by atoms with Gasteiger partial charge >= 0.3 is 8.40 Å². The third kappa shape index (κ3) is 6.19. The van der Waals surface area contributed by atoms with Crippen LogP contribution in [0.3, 0.4) is 0 Å². The second-order valence-electron chi connectivity index (χ2n) is 13.5. The molecule has 42 heavy (non-hydrogen) atoms. The van der Waals surface area contributed by atoms with Crippen LogP contribution in [0.15, 0.2) is 78.0 Å². The zero-order valence-corrected chi connectivity index (χ0v) is 29.0. The molecule has 0 atom stereocenters. The summed E-state index contributed by atoms with van der Waals surface area (Å²) in [6.45, 7) is 23.0. The van der Waals surface area contributed by atoms with E-state index in [2.05, 4.69) is 174 Å². The van der Waals surface area contributed by atoms with Gasteiger partial charge in [-0.3, -0.25) is 13.4 Å². The highest BCUT2D eigenvalue weighted by Crippen LogP contribution is 2.33. The molecule has 2 aromatic heterocycles. The molecule has 0 radical (unpaired) electrons. The van der Waals surface area contributed by atoms with Gasteiger partial charge in [-0.1, -0.05) is 91.8 Å². The molecule has 6 heteroatoms. The summed E-state index contributed by atoms with van der Waals surface area (Å²) in [6.07, 6.45) is 8.90. The Hall–Kier alpha value is -3.38. The number of aromatic nitrogens is 3. The van der Waals surface area contributed by atoms with Crippen molar-refractivity contribution in [1.29, 1.82) is 0 Å². The first-order chi connectivity index (χ1) is 19.7. The average Bonchev–Trinajstić information content (AvgIpc) is 3.33. The van der Waals surface area contributed by atoms with Gasteiger partial charge in [0.15, 0.2) is 12.4 Å². The highest BCUT2D eigenvalue weighted by atomic mass is 28.3. The van der Waals surface area contributed by atoms with Crippen LogP contribution < -0.4 is 14.8 Å². The highest BCUT2D eigenvalue weighted by Gasteiger charge is 2.36. The Bertz CT molecular complexity index is 1450. The maximum absolute atomic E-state index is 5.76. The number of rotatable bonds is 9. The molecule has 0 spiro atoms. The molecule has 224 valence electrons. The number of hydrogen-bond donors (Lipinski definition) is 0. The van der Waals surface area contributed by atoms with Crippen molar-refractivity contribution in [3.63, 3.8) is 0 Å². The predicted octanol–water partition coefficient (Wildman–Crippen LogP) is 8.27. The Balaban J connectivity index is 2.15. The van der Waals surface area contributed by atoms with E-state index in [1.807, 2.05) is 0 Å². The van der Waals surface area contributed by atoms with Gasteiger partial charge in [0, 0.05) is 57.4 Å². The van der Waals surface area contributed by atoms with Crippen LogP contribution in [0.2, 0.25) is 13.1 Å². The fourth-order valence-electron chi connectivity index (χ4n) is 5.80. The van der Waals surface area contributed by atoms with E-state index >= 15 is 0 Å². The van der Waals surface area contributed by atoms with E-state index in [-0.39, 0.29) is 0 Å². The third-order valence-corrected chi connectivity index (χ3v) is 10.6. The number of hydrogen-bond acceptors (Lipinski definition) is 2. The van der Waals surface area contributed by atoms with Gasteiger partial charge in [-0.05, 0) is 45.9 Å². The van der Waals surface area contributed by atoms with E-state index in [9.17, 15) is 0 Å². The molecule has 0 aliphatic rings. The van der Waals surface area contributed by atoms with E-state index < -0.39 is 8.40 Å². The molecule has 0 aliphatic carbocycles. The molecule has 0 amide bonds. The van der Waals surface area contributed by atoms with Gasteiger partial charge in [0.1, 0.15) is 0 Å². The molecule has 0 bridgehead atoms. The molecule has 0 N–H and O–H groups in total. The summed E-state index contributed by atoms with van der Waals surface area (Å²) in [7, 11) is 1.80. The summed E-state index contributed by atoms with van der Waals surface area (Å²) in [4.78, 5) is 2.14. The van der Waals surface area contributed by atoms with Crippen LogP contribution in [0.4, 0.5) is 5.69 Å². The van der Waals surface area contributed by atoms with Crippen LogP contribution in [-0.4, -0.2) is 31.6 Å². The standard InChI is InChI=1S/C36H52N5Si/c1-25(2)30-15-13-16-31(26(3)4)34(30)40-23-24-41(35-32(27(5)6)17-14-18-33(35)28(7)8)36(40)37-42(11,12)39-21-19-29(20-22-39)38(9)10/h13-28H,1-12H3/q+1. The van der Waals surface area contributed by atoms with Gasteiger partial charge in [0.2, 0.25) is 5.62 Å². The van der Waals surface area contributed by atoms with Crippen molar-refractivity contribution in [1.82, 2.24) is 9.13 Å². The zero-order valence-electron chi connectivity index (χ0n) is 28.0. The summed E-state index contributed by atoms with van der Waals surface area (Å²) in [5.41, 5.74) is 10.1. The number of benzene rings is 2. The van der Waals surface area contributed by atoms with Crippen molar-refractivity contribution in [3.05, 3.63) is 101 Å². The minimum absolute atomic E-state index is 0.384. The molecule has 0 fully saturated rings. The van der Waals surface area contributed by atoms with Crippen molar-refractivity contribution in [2.45, 2.75) is 92.2 Å². The smallest absolute Gasteiger partial charge is 0.377 e. The lowest BCUT2D eigenvalue weighted by atomic mass is 9.92. The van der Waals surface area contributed by atoms with Crippen molar-refractivity contribution < 1.29 is 4.23 Å². The van der Waals surface area contributed by atoms with Gasteiger partial charge in [-0.15, -0.1) is 0 Å². The molecule has 4 aromatic rings. The topological polar surface area (TPSA) is 29.3 Å². The Labute approximate surface area is 255 Å². The van der Waals surface area contributed by atoms with Gasteiger partial charge in [0.25, 0.3) is 0 Å². The van der Waals surface area contributed by atoms with Crippen LogP contribution >= 0.6 is 0 Å². The second-order valence-corrected chi connectivity index (χ2v) is 17.2. The molecule has 5 nitrogen and oxygen atoms in total. The normalized spacial score (nSPS) is 12.2. The number of anilines is 1. The van der Waals surface area contributed by atoms with Gasteiger partial charge in [0.05, 0.1) is 11.4 Å². The predicted molar refractivity (Wildman–Crippen MR) is 181 cm³/mol. The molecule has 2 heterocycles. The summed E-state index contributed by atoms with van der Waals surface area (Å²) in [6, 6.07) is 18.0. The second kappa shape index (κ2) is 12.5.